The van der Waals surface area contributed by atoms with E-state index in [1.54, 1.807) is 12.1 Å². The standard InChI is InChI=1S/C23H14ClF2N2O2S/c24-17-11-15(9-10-18(17)26)28-22(29)21-20(16-3-1-2-4-19(16)31-21)27(23(28)30)12-13-5-7-14(25)8-6-13/h1-11,21H,12H2/q+1. The van der Waals surface area contributed by atoms with Gasteiger partial charge in [-0.1, -0.05) is 35.9 Å². The molecule has 0 saturated heterocycles. The molecule has 1 unspecified atom stereocenters. The minimum atomic E-state index is -0.639. The summed E-state index contributed by atoms with van der Waals surface area (Å²) in [5, 5.41) is -0.820. The summed E-state index contributed by atoms with van der Waals surface area (Å²) < 4.78 is 28.6. The van der Waals surface area contributed by atoms with Crippen LogP contribution in [0.15, 0.2) is 71.6 Å². The highest BCUT2D eigenvalue weighted by Crippen LogP contribution is 2.41. The Kier molecular flexibility index (Phi) is 4.87. The molecule has 0 radical (unpaired) electrons. The van der Waals surface area contributed by atoms with Crippen LogP contribution in [0.4, 0.5) is 19.3 Å². The van der Waals surface area contributed by atoms with Crippen molar-refractivity contribution < 1.29 is 22.9 Å². The lowest BCUT2D eigenvalue weighted by Gasteiger charge is -2.24. The maximum absolute atomic E-state index is 13.7. The van der Waals surface area contributed by atoms with Crippen molar-refractivity contribution in [3.05, 3.63) is 94.5 Å². The summed E-state index contributed by atoms with van der Waals surface area (Å²) in [5.41, 5.74) is 2.32. The normalized spacial score (nSPS) is 17.8. The fraction of sp³-hybridized carbons (Fsp3) is 0.0870. The number of hydrogen-bond acceptors (Lipinski definition) is 3. The molecule has 0 saturated carbocycles. The molecule has 0 fully saturated rings. The Labute approximate surface area is 185 Å². The van der Waals surface area contributed by atoms with Gasteiger partial charge in [-0.2, -0.15) is 9.37 Å². The molecular weight excluding hydrogens is 442 g/mol. The van der Waals surface area contributed by atoms with E-state index in [0.717, 1.165) is 21.4 Å². The number of urea groups is 1. The molecule has 0 spiro atoms. The Morgan fingerprint density at radius 1 is 1.00 bits per heavy atom. The number of nitrogens with zero attached hydrogens (tertiary/aromatic N) is 2. The molecule has 0 N–H and O–H groups in total. The third-order valence-corrected chi connectivity index (χ3v) is 6.79. The van der Waals surface area contributed by atoms with E-state index in [1.165, 1.54) is 40.6 Å². The Hall–Kier alpha value is -3.03. The van der Waals surface area contributed by atoms with Crippen LogP contribution in [0.5, 0.6) is 0 Å². The summed E-state index contributed by atoms with van der Waals surface area (Å²) in [6, 6.07) is 16.5. The molecule has 3 aromatic rings. The van der Waals surface area contributed by atoms with Crippen LogP contribution in [-0.4, -0.2) is 27.5 Å². The quantitative estimate of drug-likeness (QED) is 0.506. The molecule has 0 aromatic heterocycles. The van der Waals surface area contributed by atoms with Gasteiger partial charge in [0.1, 0.15) is 29.6 Å². The molecule has 0 bridgehead atoms. The Bertz CT molecular complexity index is 1280. The fourth-order valence-electron chi connectivity index (χ4n) is 3.78. The van der Waals surface area contributed by atoms with Crippen molar-refractivity contribution in [1.29, 1.82) is 0 Å². The maximum Gasteiger partial charge on any atom is 0.506 e. The number of imide groups is 1. The Balaban J connectivity index is 1.67. The average Bonchev–Trinajstić information content (AvgIpc) is 3.15. The number of anilines is 1. The van der Waals surface area contributed by atoms with Gasteiger partial charge in [0.15, 0.2) is 5.25 Å². The predicted molar refractivity (Wildman–Crippen MR) is 115 cm³/mol. The number of halogens is 3. The van der Waals surface area contributed by atoms with Crippen molar-refractivity contribution in [1.82, 2.24) is 0 Å². The van der Waals surface area contributed by atoms with E-state index in [0.29, 0.717) is 11.3 Å². The molecular formula is C23H14ClF2N2O2S+. The van der Waals surface area contributed by atoms with Gasteiger partial charge >= 0.3 is 11.9 Å². The molecule has 2 aliphatic heterocycles. The first kappa shape index (κ1) is 19.9. The number of fused-ring (bicyclic) bond motifs is 3. The lowest BCUT2D eigenvalue weighted by Crippen LogP contribution is -2.55. The van der Waals surface area contributed by atoms with Crippen LogP contribution < -0.4 is 4.90 Å². The predicted octanol–water partition coefficient (Wildman–Crippen LogP) is 5.26. The van der Waals surface area contributed by atoms with E-state index < -0.39 is 23.0 Å². The first-order valence-corrected chi connectivity index (χ1v) is 10.7. The molecule has 5 rings (SSSR count). The van der Waals surface area contributed by atoms with Crippen LogP contribution in [-0.2, 0) is 11.3 Å². The Morgan fingerprint density at radius 3 is 2.48 bits per heavy atom. The fourth-order valence-corrected chi connectivity index (χ4v) is 5.24. The van der Waals surface area contributed by atoms with E-state index in [9.17, 15) is 18.4 Å². The van der Waals surface area contributed by atoms with Crippen LogP contribution in [0, 0.1) is 11.6 Å². The molecule has 2 heterocycles. The molecule has 3 aromatic carbocycles. The minimum Gasteiger partial charge on any atom is -0.244 e. The first-order chi connectivity index (χ1) is 14.9. The van der Waals surface area contributed by atoms with Crippen molar-refractivity contribution in [2.75, 3.05) is 4.90 Å². The highest BCUT2D eigenvalue weighted by Gasteiger charge is 2.53. The molecule has 4 nitrogen and oxygen atoms in total. The van der Waals surface area contributed by atoms with Gasteiger partial charge in [0.2, 0.25) is 0 Å². The number of rotatable bonds is 3. The third-order valence-electron chi connectivity index (χ3n) is 5.23. The van der Waals surface area contributed by atoms with Gasteiger partial charge in [0.25, 0.3) is 0 Å². The van der Waals surface area contributed by atoms with Crippen LogP contribution in [0.3, 0.4) is 0 Å². The summed E-state index contributed by atoms with van der Waals surface area (Å²) in [7, 11) is 0. The van der Waals surface area contributed by atoms with Crippen molar-refractivity contribution >= 4 is 46.7 Å². The van der Waals surface area contributed by atoms with Gasteiger partial charge in [-0.15, -0.1) is 16.7 Å². The van der Waals surface area contributed by atoms with Crippen molar-refractivity contribution in [3.8, 4) is 0 Å². The van der Waals surface area contributed by atoms with Crippen LogP contribution in [0.1, 0.15) is 11.1 Å². The lowest BCUT2D eigenvalue weighted by molar-refractivity contribution is -0.444. The lowest BCUT2D eigenvalue weighted by atomic mass is 10.0. The second-order valence-corrected chi connectivity index (χ2v) is 8.70. The van der Waals surface area contributed by atoms with Gasteiger partial charge in [-0.3, -0.25) is 0 Å². The van der Waals surface area contributed by atoms with Gasteiger partial charge in [0, 0.05) is 16.5 Å². The summed E-state index contributed by atoms with van der Waals surface area (Å²) in [6.45, 7) is 0.151. The summed E-state index contributed by atoms with van der Waals surface area (Å²) in [5.74, 6) is -1.43. The molecule has 8 heteroatoms. The monoisotopic (exact) mass is 455 g/mol. The number of amides is 3. The van der Waals surface area contributed by atoms with Crippen molar-refractivity contribution in [3.63, 3.8) is 0 Å². The second-order valence-electron chi connectivity index (χ2n) is 7.15. The second kappa shape index (κ2) is 7.59. The highest BCUT2D eigenvalue weighted by atomic mass is 35.5. The van der Waals surface area contributed by atoms with E-state index in [1.807, 2.05) is 24.3 Å². The molecule has 1 atom stereocenters. The van der Waals surface area contributed by atoms with E-state index in [4.69, 9.17) is 11.6 Å². The van der Waals surface area contributed by atoms with E-state index >= 15 is 0 Å². The van der Waals surface area contributed by atoms with Gasteiger partial charge in [-0.25, -0.2) is 13.6 Å². The summed E-state index contributed by atoms with van der Waals surface area (Å²) in [6.07, 6.45) is 0. The summed E-state index contributed by atoms with van der Waals surface area (Å²) >= 11 is 7.27. The largest absolute Gasteiger partial charge is 0.506 e. The van der Waals surface area contributed by atoms with Crippen LogP contribution in [0.25, 0.3) is 0 Å². The maximum atomic E-state index is 13.7. The van der Waals surface area contributed by atoms with Gasteiger partial charge in [0.05, 0.1) is 5.02 Å². The number of hydrogen-bond donors (Lipinski definition) is 0. The van der Waals surface area contributed by atoms with Gasteiger partial charge < -0.3 is 0 Å². The zero-order valence-electron chi connectivity index (χ0n) is 15.9. The minimum absolute atomic E-state index is 0.151. The van der Waals surface area contributed by atoms with Crippen LogP contribution >= 0.6 is 23.4 Å². The molecule has 2 aliphatic rings. The number of carbonyl (C=O) groups is 2. The highest BCUT2D eigenvalue weighted by molar-refractivity contribution is 8.02. The van der Waals surface area contributed by atoms with E-state index in [2.05, 4.69) is 0 Å². The molecule has 154 valence electrons. The number of benzene rings is 3. The topological polar surface area (TPSA) is 40.4 Å². The first-order valence-electron chi connectivity index (χ1n) is 9.42. The van der Waals surface area contributed by atoms with E-state index in [-0.39, 0.29) is 23.1 Å². The van der Waals surface area contributed by atoms with Crippen molar-refractivity contribution in [2.24, 2.45) is 0 Å². The van der Waals surface area contributed by atoms with Gasteiger partial charge in [-0.05, 0) is 42.0 Å². The summed E-state index contributed by atoms with van der Waals surface area (Å²) in [4.78, 5) is 28.8. The molecule has 0 aliphatic carbocycles. The third kappa shape index (κ3) is 3.34. The zero-order chi connectivity index (χ0) is 21.7. The SMILES string of the molecule is O=C1C2Sc3ccccc3C2=[N+](Cc2ccc(F)cc2)C(=O)N1c1ccc(F)c(Cl)c1. The smallest absolute Gasteiger partial charge is 0.244 e. The van der Waals surface area contributed by atoms with Crippen LogP contribution in [0.2, 0.25) is 5.02 Å². The number of carbonyl (C=O) groups excluding carboxylic acids is 2. The zero-order valence-corrected chi connectivity index (χ0v) is 17.5. The Morgan fingerprint density at radius 2 is 1.74 bits per heavy atom. The molecule has 31 heavy (non-hydrogen) atoms. The molecule has 3 amide bonds. The van der Waals surface area contributed by atoms with Crippen molar-refractivity contribution in [2.45, 2.75) is 16.7 Å². The number of thioether (sulfide) groups is 1. The average molecular weight is 456 g/mol.